The molecule has 0 unspecified atom stereocenters. The molecule has 0 bridgehead atoms. The average Bonchev–Trinajstić information content (AvgIpc) is 2.64. The molecule has 5 nitrogen and oxygen atoms in total. The molecule has 2 aromatic carbocycles. The summed E-state index contributed by atoms with van der Waals surface area (Å²) in [4.78, 5) is 14.4. The van der Waals surface area contributed by atoms with Crippen molar-refractivity contribution >= 4 is 15.9 Å². The van der Waals surface area contributed by atoms with Gasteiger partial charge in [0.25, 0.3) is 0 Å². The monoisotopic (exact) mass is 390 g/mol. The maximum absolute atomic E-state index is 13.8. The Hall–Kier alpha value is -2.25. The van der Waals surface area contributed by atoms with Gasteiger partial charge in [-0.1, -0.05) is 42.5 Å². The molecule has 0 saturated heterocycles. The van der Waals surface area contributed by atoms with Crippen LogP contribution in [0.4, 0.5) is 4.39 Å². The minimum Gasteiger partial charge on any atom is -0.337 e. The molecule has 3 rings (SSSR count). The number of fused-ring (bicyclic) bond motifs is 1. The molecule has 0 fully saturated rings. The molecule has 2 aromatic rings. The molecule has 7 heteroatoms. The standard InChI is InChI=1S/C20H23FN2O3S/c1-27(25,26)23(13-11-17-7-4-5-9-19(17)21)15-20(24)22-12-10-16-6-2-3-8-18(16)14-22/h2-9H,10-15H2,1H3. The predicted molar refractivity (Wildman–Crippen MR) is 102 cm³/mol. The van der Waals surface area contributed by atoms with Gasteiger partial charge in [-0.3, -0.25) is 4.79 Å². The van der Waals surface area contributed by atoms with Gasteiger partial charge in [0.2, 0.25) is 15.9 Å². The lowest BCUT2D eigenvalue weighted by Crippen LogP contribution is -2.45. The summed E-state index contributed by atoms with van der Waals surface area (Å²) in [5.74, 6) is -0.603. The number of rotatable bonds is 6. The normalized spacial score (nSPS) is 14.3. The van der Waals surface area contributed by atoms with E-state index in [0.717, 1.165) is 22.5 Å². The van der Waals surface area contributed by atoms with Crippen molar-refractivity contribution < 1.29 is 17.6 Å². The highest BCUT2D eigenvalue weighted by Gasteiger charge is 2.26. The maximum atomic E-state index is 13.8. The topological polar surface area (TPSA) is 57.7 Å². The number of hydrogen-bond donors (Lipinski definition) is 0. The van der Waals surface area contributed by atoms with E-state index in [9.17, 15) is 17.6 Å². The number of carbonyl (C=O) groups excluding carboxylic acids is 1. The molecule has 0 aromatic heterocycles. The Morgan fingerprint density at radius 1 is 1.11 bits per heavy atom. The zero-order valence-corrected chi connectivity index (χ0v) is 16.1. The molecule has 0 spiro atoms. The third-order valence-corrected chi connectivity index (χ3v) is 6.10. The summed E-state index contributed by atoms with van der Waals surface area (Å²) in [5, 5.41) is 0. The van der Waals surface area contributed by atoms with Gasteiger partial charge in [-0.15, -0.1) is 0 Å². The Kier molecular flexibility index (Phi) is 5.92. The molecule has 0 saturated carbocycles. The Morgan fingerprint density at radius 2 is 1.78 bits per heavy atom. The largest absolute Gasteiger partial charge is 0.337 e. The van der Waals surface area contributed by atoms with Crippen molar-refractivity contribution in [2.45, 2.75) is 19.4 Å². The lowest BCUT2D eigenvalue weighted by molar-refractivity contribution is -0.132. The van der Waals surface area contributed by atoms with Crippen LogP contribution in [0.5, 0.6) is 0 Å². The highest BCUT2D eigenvalue weighted by Crippen LogP contribution is 2.19. The van der Waals surface area contributed by atoms with Crippen molar-refractivity contribution in [1.82, 2.24) is 9.21 Å². The summed E-state index contributed by atoms with van der Waals surface area (Å²) in [6.45, 7) is 0.895. The predicted octanol–water partition coefficient (Wildman–Crippen LogP) is 2.21. The Bertz CT molecular complexity index is 930. The van der Waals surface area contributed by atoms with Gasteiger partial charge in [0, 0.05) is 19.6 Å². The van der Waals surface area contributed by atoms with E-state index in [-0.39, 0.29) is 31.2 Å². The van der Waals surface area contributed by atoms with Crippen LogP contribution in [-0.4, -0.2) is 49.4 Å². The minimum absolute atomic E-state index is 0.0654. The molecule has 0 aliphatic carbocycles. The van der Waals surface area contributed by atoms with E-state index in [0.29, 0.717) is 18.7 Å². The number of nitrogens with zero attached hydrogens (tertiary/aromatic N) is 2. The molecule has 1 heterocycles. The SMILES string of the molecule is CS(=O)(=O)N(CCc1ccccc1F)CC(=O)N1CCc2ccccc2C1. The summed E-state index contributed by atoms with van der Waals surface area (Å²) >= 11 is 0. The smallest absolute Gasteiger partial charge is 0.238 e. The zero-order chi connectivity index (χ0) is 19.4. The molecule has 0 radical (unpaired) electrons. The van der Waals surface area contributed by atoms with Crippen molar-refractivity contribution in [3.8, 4) is 0 Å². The molecule has 27 heavy (non-hydrogen) atoms. The second kappa shape index (κ2) is 8.19. The molecule has 144 valence electrons. The molecule has 1 amide bonds. The minimum atomic E-state index is -3.58. The number of amides is 1. The second-order valence-corrected chi connectivity index (χ2v) is 8.75. The van der Waals surface area contributed by atoms with Gasteiger partial charge < -0.3 is 4.90 Å². The first-order valence-electron chi connectivity index (χ1n) is 8.87. The molecular formula is C20H23FN2O3S. The number of halogens is 1. The van der Waals surface area contributed by atoms with E-state index in [1.54, 1.807) is 23.1 Å². The van der Waals surface area contributed by atoms with Crippen molar-refractivity contribution in [2.75, 3.05) is 25.9 Å². The number of benzene rings is 2. The van der Waals surface area contributed by atoms with Gasteiger partial charge in [0.1, 0.15) is 5.82 Å². The zero-order valence-electron chi connectivity index (χ0n) is 15.3. The molecule has 1 aliphatic heterocycles. The summed E-state index contributed by atoms with van der Waals surface area (Å²) in [6, 6.07) is 14.2. The summed E-state index contributed by atoms with van der Waals surface area (Å²) in [7, 11) is -3.58. The van der Waals surface area contributed by atoms with Gasteiger partial charge >= 0.3 is 0 Å². The lowest BCUT2D eigenvalue weighted by Gasteiger charge is -2.30. The van der Waals surface area contributed by atoms with Gasteiger partial charge in [-0.2, -0.15) is 4.31 Å². The highest BCUT2D eigenvalue weighted by atomic mass is 32.2. The van der Waals surface area contributed by atoms with Crippen LogP contribution < -0.4 is 0 Å². The Balaban J connectivity index is 1.66. The molecular weight excluding hydrogens is 367 g/mol. The number of hydrogen-bond acceptors (Lipinski definition) is 3. The van der Waals surface area contributed by atoms with Gasteiger partial charge in [-0.05, 0) is 35.6 Å². The van der Waals surface area contributed by atoms with E-state index in [4.69, 9.17) is 0 Å². The Morgan fingerprint density at radius 3 is 2.48 bits per heavy atom. The molecule has 1 aliphatic rings. The fourth-order valence-electron chi connectivity index (χ4n) is 3.27. The van der Waals surface area contributed by atoms with Crippen molar-refractivity contribution in [1.29, 1.82) is 0 Å². The summed E-state index contributed by atoms with van der Waals surface area (Å²) in [6.07, 6.45) is 2.05. The van der Waals surface area contributed by atoms with Crippen LogP contribution in [0, 0.1) is 5.82 Å². The van der Waals surface area contributed by atoms with E-state index < -0.39 is 10.0 Å². The van der Waals surface area contributed by atoms with Crippen LogP contribution in [-0.2, 0) is 34.2 Å². The number of carbonyl (C=O) groups is 1. The van der Waals surface area contributed by atoms with Crippen LogP contribution in [0.2, 0.25) is 0 Å². The maximum Gasteiger partial charge on any atom is 0.238 e. The van der Waals surface area contributed by atoms with Crippen molar-refractivity contribution in [3.05, 3.63) is 71.0 Å². The first-order chi connectivity index (χ1) is 12.8. The third kappa shape index (κ3) is 4.93. The average molecular weight is 390 g/mol. The second-order valence-electron chi connectivity index (χ2n) is 6.77. The van der Waals surface area contributed by atoms with Crippen LogP contribution in [0.25, 0.3) is 0 Å². The third-order valence-electron chi connectivity index (χ3n) is 4.85. The fraction of sp³-hybridized carbons (Fsp3) is 0.350. The van der Waals surface area contributed by atoms with Crippen molar-refractivity contribution in [2.24, 2.45) is 0 Å². The van der Waals surface area contributed by atoms with E-state index in [1.165, 1.54) is 11.6 Å². The van der Waals surface area contributed by atoms with Crippen LogP contribution >= 0.6 is 0 Å². The Labute approximate surface area is 159 Å². The van der Waals surface area contributed by atoms with Crippen LogP contribution in [0.15, 0.2) is 48.5 Å². The van der Waals surface area contributed by atoms with Gasteiger partial charge in [-0.25, -0.2) is 12.8 Å². The van der Waals surface area contributed by atoms with Gasteiger partial charge in [0.05, 0.1) is 12.8 Å². The van der Waals surface area contributed by atoms with Gasteiger partial charge in [0.15, 0.2) is 0 Å². The lowest BCUT2D eigenvalue weighted by atomic mass is 10.00. The molecule has 0 N–H and O–H groups in total. The summed E-state index contributed by atoms with van der Waals surface area (Å²) in [5.41, 5.74) is 2.75. The van der Waals surface area contributed by atoms with E-state index >= 15 is 0 Å². The highest BCUT2D eigenvalue weighted by molar-refractivity contribution is 7.88. The van der Waals surface area contributed by atoms with Crippen molar-refractivity contribution in [3.63, 3.8) is 0 Å². The first kappa shape index (κ1) is 19.5. The quantitative estimate of drug-likeness (QED) is 0.760. The van der Waals surface area contributed by atoms with E-state index in [1.807, 2.05) is 24.3 Å². The molecule has 0 atom stereocenters. The fourth-order valence-corrected chi connectivity index (χ4v) is 4.04. The van der Waals surface area contributed by atoms with Crippen LogP contribution in [0.1, 0.15) is 16.7 Å². The van der Waals surface area contributed by atoms with Crippen LogP contribution in [0.3, 0.4) is 0 Å². The number of sulfonamides is 1. The summed E-state index contributed by atoms with van der Waals surface area (Å²) < 4.78 is 39.1. The van der Waals surface area contributed by atoms with E-state index in [2.05, 4.69) is 0 Å². The first-order valence-corrected chi connectivity index (χ1v) is 10.7.